The van der Waals surface area contributed by atoms with Gasteiger partial charge in [-0.25, -0.2) is 0 Å². The molecule has 0 aromatic carbocycles. The van der Waals surface area contributed by atoms with Crippen molar-refractivity contribution in [3.8, 4) is 0 Å². The number of thioether (sulfide) groups is 1. The third kappa shape index (κ3) is 2.91. The first-order valence-corrected chi connectivity index (χ1v) is 7.26. The molecule has 16 heavy (non-hydrogen) atoms. The van der Waals surface area contributed by atoms with E-state index in [4.69, 9.17) is 0 Å². The van der Waals surface area contributed by atoms with Crippen LogP contribution in [0, 0.1) is 0 Å². The smallest absolute Gasteiger partial charge is 0.0371 e. The molecular formula is C13H20N2S. The lowest BCUT2D eigenvalue weighted by Crippen LogP contribution is -2.35. The van der Waals surface area contributed by atoms with Crippen molar-refractivity contribution >= 4 is 17.4 Å². The van der Waals surface area contributed by atoms with E-state index < -0.39 is 0 Å². The van der Waals surface area contributed by atoms with Gasteiger partial charge in [0.05, 0.1) is 0 Å². The molecule has 0 aliphatic heterocycles. The molecule has 1 fully saturated rings. The van der Waals surface area contributed by atoms with Gasteiger partial charge in [0.15, 0.2) is 0 Å². The Morgan fingerprint density at radius 3 is 2.56 bits per heavy atom. The number of rotatable bonds is 4. The standard InChI is InChI=1S/C13H20N2S/c1-16-13(7-3-2-4-8-13)11-15-12-5-9-14-10-6-12/h5-6,9-10H,2-4,7-8,11H2,1H3,(H,14,15). The summed E-state index contributed by atoms with van der Waals surface area (Å²) in [7, 11) is 0. The van der Waals surface area contributed by atoms with Gasteiger partial charge in [0, 0.05) is 29.4 Å². The van der Waals surface area contributed by atoms with Crippen LogP contribution in [0.2, 0.25) is 0 Å². The Balaban J connectivity index is 1.92. The van der Waals surface area contributed by atoms with Crippen LogP contribution in [0.4, 0.5) is 5.69 Å². The van der Waals surface area contributed by atoms with Gasteiger partial charge in [0.2, 0.25) is 0 Å². The van der Waals surface area contributed by atoms with Crippen molar-refractivity contribution in [3.05, 3.63) is 24.5 Å². The summed E-state index contributed by atoms with van der Waals surface area (Å²) in [5.74, 6) is 0. The van der Waals surface area contributed by atoms with Gasteiger partial charge in [-0.2, -0.15) is 11.8 Å². The number of anilines is 1. The molecule has 0 unspecified atom stereocenters. The van der Waals surface area contributed by atoms with E-state index >= 15 is 0 Å². The van der Waals surface area contributed by atoms with Gasteiger partial charge < -0.3 is 5.32 Å². The highest BCUT2D eigenvalue weighted by Crippen LogP contribution is 2.38. The van der Waals surface area contributed by atoms with Crippen molar-refractivity contribution in [2.75, 3.05) is 18.1 Å². The van der Waals surface area contributed by atoms with E-state index in [0.717, 1.165) is 6.54 Å². The summed E-state index contributed by atoms with van der Waals surface area (Å²) >= 11 is 2.03. The van der Waals surface area contributed by atoms with Crippen molar-refractivity contribution in [1.82, 2.24) is 4.98 Å². The molecule has 1 N–H and O–H groups in total. The van der Waals surface area contributed by atoms with Gasteiger partial charge in [-0.05, 0) is 31.2 Å². The molecule has 0 amide bonds. The first-order chi connectivity index (χ1) is 7.85. The Bertz CT molecular complexity index is 307. The molecule has 1 saturated carbocycles. The zero-order chi connectivity index (χ0) is 11.3. The van der Waals surface area contributed by atoms with E-state index in [1.165, 1.54) is 37.8 Å². The van der Waals surface area contributed by atoms with Crippen LogP contribution in [0.25, 0.3) is 0 Å². The summed E-state index contributed by atoms with van der Waals surface area (Å²) in [5.41, 5.74) is 1.19. The molecule has 2 rings (SSSR count). The highest BCUT2D eigenvalue weighted by atomic mass is 32.2. The number of nitrogens with one attached hydrogen (secondary N) is 1. The summed E-state index contributed by atoms with van der Waals surface area (Å²) in [5, 5.41) is 3.55. The minimum atomic E-state index is 0.460. The molecule has 0 bridgehead atoms. The van der Waals surface area contributed by atoms with Crippen molar-refractivity contribution in [3.63, 3.8) is 0 Å². The minimum Gasteiger partial charge on any atom is -0.384 e. The second-order valence-electron chi connectivity index (χ2n) is 4.54. The molecule has 1 aliphatic carbocycles. The Morgan fingerprint density at radius 2 is 1.94 bits per heavy atom. The predicted octanol–water partition coefficient (Wildman–Crippen LogP) is 3.56. The lowest BCUT2D eigenvalue weighted by atomic mass is 9.88. The monoisotopic (exact) mass is 236 g/mol. The number of aromatic nitrogens is 1. The third-order valence-corrected chi connectivity index (χ3v) is 4.91. The minimum absolute atomic E-state index is 0.460. The number of hydrogen-bond donors (Lipinski definition) is 1. The SMILES string of the molecule is CSC1(CNc2ccncc2)CCCCC1. The van der Waals surface area contributed by atoms with Gasteiger partial charge >= 0.3 is 0 Å². The summed E-state index contributed by atoms with van der Waals surface area (Å²) in [6, 6.07) is 4.08. The molecule has 0 saturated heterocycles. The molecule has 1 aliphatic rings. The summed E-state index contributed by atoms with van der Waals surface area (Å²) in [6.45, 7) is 1.08. The fourth-order valence-corrected chi connectivity index (χ4v) is 3.30. The summed E-state index contributed by atoms with van der Waals surface area (Å²) in [4.78, 5) is 4.03. The number of hydrogen-bond acceptors (Lipinski definition) is 3. The van der Waals surface area contributed by atoms with Crippen LogP contribution < -0.4 is 5.32 Å². The first kappa shape index (κ1) is 11.8. The van der Waals surface area contributed by atoms with Crippen LogP contribution >= 0.6 is 11.8 Å². The molecule has 0 radical (unpaired) electrons. The van der Waals surface area contributed by atoms with Crippen LogP contribution in [-0.2, 0) is 0 Å². The van der Waals surface area contributed by atoms with Gasteiger partial charge in [-0.3, -0.25) is 4.98 Å². The van der Waals surface area contributed by atoms with Gasteiger partial charge in [0.25, 0.3) is 0 Å². The predicted molar refractivity (Wildman–Crippen MR) is 72.1 cm³/mol. The van der Waals surface area contributed by atoms with Crippen molar-refractivity contribution in [1.29, 1.82) is 0 Å². The average molecular weight is 236 g/mol. The van der Waals surface area contributed by atoms with Crippen molar-refractivity contribution in [2.24, 2.45) is 0 Å². The lowest BCUT2D eigenvalue weighted by molar-refractivity contribution is 0.411. The van der Waals surface area contributed by atoms with Crippen LogP contribution in [0.15, 0.2) is 24.5 Å². The molecule has 0 atom stereocenters. The van der Waals surface area contributed by atoms with E-state index in [-0.39, 0.29) is 0 Å². The molecule has 0 spiro atoms. The Morgan fingerprint density at radius 1 is 1.25 bits per heavy atom. The molecule has 1 aromatic heterocycles. The molecule has 1 aromatic rings. The fraction of sp³-hybridized carbons (Fsp3) is 0.615. The van der Waals surface area contributed by atoms with Crippen LogP contribution in [0.5, 0.6) is 0 Å². The maximum Gasteiger partial charge on any atom is 0.0371 e. The van der Waals surface area contributed by atoms with Crippen LogP contribution in [0.1, 0.15) is 32.1 Å². The van der Waals surface area contributed by atoms with E-state index in [0.29, 0.717) is 4.75 Å². The van der Waals surface area contributed by atoms with E-state index in [1.54, 1.807) is 0 Å². The van der Waals surface area contributed by atoms with Gasteiger partial charge in [-0.1, -0.05) is 19.3 Å². The van der Waals surface area contributed by atoms with E-state index in [9.17, 15) is 0 Å². The zero-order valence-corrected chi connectivity index (χ0v) is 10.7. The number of nitrogens with zero attached hydrogens (tertiary/aromatic N) is 1. The first-order valence-electron chi connectivity index (χ1n) is 6.04. The molecular weight excluding hydrogens is 216 g/mol. The highest BCUT2D eigenvalue weighted by molar-refractivity contribution is 8.00. The Kier molecular flexibility index (Phi) is 4.10. The highest BCUT2D eigenvalue weighted by Gasteiger charge is 2.30. The fourth-order valence-electron chi connectivity index (χ4n) is 2.38. The van der Waals surface area contributed by atoms with Gasteiger partial charge in [-0.15, -0.1) is 0 Å². The molecule has 3 heteroatoms. The van der Waals surface area contributed by atoms with Crippen LogP contribution in [0.3, 0.4) is 0 Å². The second-order valence-corrected chi connectivity index (χ2v) is 5.81. The second kappa shape index (κ2) is 5.58. The Hall–Kier alpha value is -0.700. The third-order valence-electron chi connectivity index (χ3n) is 3.49. The van der Waals surface area contributed by atoms with Crippen LogP contribution in [-0.4, -0.2) is 22.5 Å². The van der Waals surface area contributed by atoms with Crippen molar-refractivity contribution < 1.29 is 0 Å². The maximum atomic E-state index is 4.03. The summed E-state index contributed by atoms with van der Waals surface area (Å²) < 4.78 is 0.460. The number of pyridine rings is 1. The summed E-state index contributed by atoms with van der Waals surface area (Å²) in [6.07, 6.45) is 12.8. The van der Waals surface area contributed by atoms with Gasteiger partial charge in [0.1, 0.15) is 0 Å². The Labute approximate surface area is 102 Å². The normalized spacial score (nSPS) is 19.3. The topological polar surface area (TPSA) is 24.9 Å². The average Bonchev–Trinajstić information content (AvgIpc) is 2.39. The largest absolute Gasteiger partial charge is 0.384 e. The quantitative estimate of drug-likeness (QED) is 0.865. The lowest BCUT2D eigenvalue weighted by Gasteiger charge is -2.36. The van der Waals surface area contributed by atoms with E-state index in [1.807, 2.05) is 36.3 Å². The van der Waals surface area contributed by atoms with Crippen molar-refractivity contribution in [2.45, 2.75) is 36.9 Å². The maximum absolute atomic E-state index is 4.03. The van der Waals surface area contributed by atoms with E-state index in [2.05, 4.69) is 16.6 Å². The molecule has 2 nitrogen and oxygen atoms in total. The molecule has 1 heterocycles. The molecule has 88 valence electrons. The zero-order valence-electron chi connectivity index (χ0n) is 9.91.